The summed E-state index contributed by atoms with van der Waals surface area (Å²) in [7, 11) is 0. The van der Waals surface area contributed by atoms with Crippen molar-refractivity contribution in [3.63, 3.8) is 0 Å². The monoisotopic (exact) mass is 399 g/mol. The van der Waals surface area contributed by atoms with Crippen LogP contribution in [0.3, 0.4) is 0 Å². The Balaban J connectivity index is 2.15. The third kappa shape index (κ3) is 5.28. The van der Waals surface area contributed by atoms with Crippen LogP contribution in [0.5, 0.6) is 0 Å². The first-order valence-corrected chi connectivity index (χ1v) is 9.29. The number of amides is 1. The lowest BCUT2D eigenvalue weighted by Gasteiger charge is -2.22. The fourth-order valence-electron chi connectivity index (χ4n) is 2.89. The molecule has 4 atom stereocenters. The van der Waals surface area contributed by atoms with Crippen molar-refractivity contribution in [2.45, 2.75) is 65.4 Å². The average Bonchev–Trinajstić information content (AvgIpc) is 2.89. The number of rotatable bonds is 7. The minimum atomic E-state index is -1.02. The lowest BCUT2D eigenvalue weighted by Crippen LogP contribution is -2.36. The van der Waals surface area contributed by atoms with Gasteiger partial charge < -0.3 is 14.2 Å². The third-order valence-electron chi connectivity index (χ3n) is 4.58. The average molecular weight is 399 g/mol. The summed E-state index contributed by atoms with van der Waals surface area (Å²) in [6.07, 6.45) is 0.429. The highest BCUT2D eigenvalue weighted by atomic mass is 19.1. The van der Waals surface area contributed by atoms with E-state index in [4.69, 9.17) is 14.2 Å². The summed E-state index contributed by atoms with van der Waals surface area (Å²) in [5, 5.41) is 2.12. The standard InChI is InChI=1S/C18H26FN3O6/c1-5-6-7-8-26-18(25)21-15-13(19)9-22(17(24)20-15)16-14(28-12(4)23)10(2)11(3)27-16/h9-11,14,16H,5-8H2,1-4H3,(H,20,21,24,25)/t10-,11-,14-,16?/m1/s1. The maximum Gasteiger partial charge on any atom is 0.412 e. The molecule has 10 heteroatoms. The van der Waals surface area contributed by atoms with E-state index >= 15 is 0 Å². The van der Waals surface area contributed by atoms with Gasteiger partial charge in [-0.05, 0) is 13.3 Å². The van der Waals surface area contributed by atoms with Gasteiger partial charge in [0.1, 0.15) is 0 Å². The Morgan fingerprint density at radius 3 is 2.71 bits per heavy atom. The fourth-order valence-corrected chi connectivity index (χ4v) is 2.89. The van der Waals surface area contributed by atoms with Gasteiger partial charge in [-0.25, -0.2) is 14.0 Å². The van der Waals surface area contributed by atoms with E-state index in [2.05, 4.69) is 10.3 Å². The highest BCUT2D eigenvalue weighted by Crippen LogP contribution is 2.35. The highest BCUT2D eigenvalue weighted by Gasteiger charge is 2.43. The number of nitrogens with zero attached hydrogens (tertiary/aromatic N) is 2. The fraction of sp³-hybridized carbons (Fsp3) is 0.667. The maximum absolute atomic E-state index is 14.4. The van der Waals surface area contributed by atoms with E-state index < -0.39 is 41.7 Å². The first-order valence-electron chi connectivity index (χ1n) is 9.29. The van der Waals surface area contributed by atoms with Crippen molar-refractivity contribution in [2.24, 2.45) is 5.92 Å². The van der Waals surface area contributed by atoms with E-state index in [9.17, 15) is 18.8 Å². The van der Waals surface area contributed by atoms with E-state index in [-0.39, 0.29) is 18.6 Å². The normalized spacial score (nSPS) is 24.0. The van der Waals surface area contributed by atoms with Crippen LogP contribution in [0.25, 0.3) is 0 Å². The zero-order valence-corrected chi connectivity index (χ0v) is 16.4. The van der Waals surface area contributed by atoms with Crippen LogP contribution in [0.2, 0.25) is 0 Å². The van der Waals surface area contributed by atoms with Crippen LogP contribution in [-0.4, -0.2) is 40.4 Å². The topological polar surface area (TPSA) is 109 Å². The van der Waals surface area contributed by atoms with Gasteiger partial charge in [-0.1, -0.05) is 26.7 Å². The van der Waals surface area contributed by atoms with Gasteiger partial charge in [-0.2, -0.15) is 4.98 Å². The van der Waals surface area contributed by atoms with Crippen molar-refractivity contribution in [3.05, 3.63) is 22.5 Å². The van der Waals surface area contributed by atoms with Crippen molar-refractivity contribution in [1.82, 2.24) is 9.55 Å². The quantitative estimate of drug-likeness (QED) is 0.554. The molecular weight excluding hydrogens is 373 g/mol. The predicted octanol–water partition coefficient (Wildman–Crippen LogP) is 2.61. The van der Waals surface area contributed by atoms with Crippen LogP contribution in [0.4, 0.5) is 15.0 Å². The largest absolute Gasteiger partial charge is 0.457 e. The van der Waals surface area contributed by atoms with Crippen molar-refractivity contribution in [3.8, 4) is 0 Å². The van der Waals surface area contributed by atoms with Crippen molar-refractivity contribution in [2.75, 3.05) is 11.9 Å². The lowest BCUT2D eigenvalue weighted by atomic mass is 10.0. The van der Waals surface area contributed by atoms with Crippen LogP contribution in [0.15, 0.2) is 11.0 Å². The summed E-state index contributed by atoms with van der Waals surface area (Å²) in [5.74, 6) is -2.22. The Labute approximate surface area is 162 Å². The zero-order valence-electron chi connectivity index (χ0n) is 16.4. The molecule has 0 radical (unpaired) electrons. The van der Waals surface area contributed by atoms with E-state index in [1.807, 2.05) is 6.92 Å². The van der Waals surface area contributed by atoms with E-state index in [1.54, 1.807) is 13.8 Å². The zero-order chi connectivity index (χ0) is 20.8. The van der Waals surface area contributed by atoms with Crippen LogP contribution < -0.4 is 11.0 Å². The minimum Gasteiger partial charge on any atom is -0.457 e. The summed E-state index contributed by atoms with van der Waals surface area (Å²) in [5.41, 5.74) is -0.855. The predicted molar refractivity (Wildman–Crippen MR) is 97.3 cm³/mol. The molecule has 1 saturated heterocycles. The first-order chi connectivity index (χ1) is 13.2. The minimum absolute atomic E-state index is 0.189. The van der Waals surface area contributed by atoms with Crippen LogP contribution >= 0.6 is 0 Å². The molecule has 1 aliphatic heterocycles. The number of ether oxygens (including phenoxy) is 3. The number of carbonyl (C=O) groups excluding carboxylic acids is 2. The molecule has 0 spiro atoms. The van der Waals surface area contributed by atoms with Crippen LogP contribution in [0, 0.1) is 11.7 Å². The summed E-state index contributed by atoms with van der Waals surface area (Å²) in [6, 6.07) is 0. The molecule has 2 rings (SSSR count). The van der Waals surface area contributed by atoms with Gasteiger partial charge in [0.05, 0.1) is 18.9 Å². The lowest BCUT2D eigenvalue weighted by molar-refractivity contribution is -0.153. The van der Waals surface area contributed by atoms with Gasteiger partial charge in [-0.3, -0.25) is 14.7 Å². The number of halogens is 1. The molecule has 0 saturated carbocycles. The molecule has 1 fully saturated rings. The van der Waals surface area contributed by atoms with Gasteiger partial charge >= 0.3 is 17.8 Å². The molecule has 1 aliphatic rings. The molecule has 0 aliphatic carbocycles. The number of nitrogens with one attached hydrogen (secondary N) is 1. The molecule has 0 aromatic carbocycles. The maximum atomic E-state index is 14.4. The SMILES string of the molecule is CCCCCOC(=O)Nc1nc(=O)n(C2O[C@H](C)[C@@H](C)[C@H]2OC(C)=O)cc1F. The van der Waals surface area contributed by atoms with Crippen LogP contribution in [0.1, 0.15) is 53.2 Å². The van der Waals surface area contributed by atoms with Gasteiger partial charge in [0.15, 0.2) is 24.0 Å². The van der Waals surface area contributed by atoms with Crippen LogP contribution in [-0.2, 0) is 19.0 Å². The molecule has 28 heavy (non-hydrogen) atoms. The molecule has 1 aromatic heterocycles. The van der Waals surface area contributed by atoms with Gasteiger partial charge in [-0.15, -0.1) is 0 Å². The Morgan fingerprint density at radius 2 is 2.07 bits per heavy atom. The van der Waals surface area contributed by atoms with Gasteiger partial charge in [0, 0.05) is 12.8 Å². The second-order valence-electron chi connectivity index (χ2n) is 6.76. The number of hydrogen-bond acceptors (Lipinski definition) is 7. The molecule has 1 amide bonds. The highest BCUT2D eigenvalue weighted by molar-refractivity contribution is 5.83. The molecule has 1 N–H and O–H groups in total. The molecule has 1 aromatic rings. The van der Waals surface area contributed by atoms with Crippen molar-refractivity contribution >= 4 is 17.9 Å². The van der Waals surface area contributed by atoms with Crippen molar-refractivity contribution in [1.29, 1.82) is 0 Å². The Bertz CT molecular complexity index is 768. The number of anilines is 1. The Morgan fingerprint density at radius 1 is 1.36 bits per heavy atom. The summed E-state index contributed by atoms with van der Waals surface area (Å²) < 4.78 is 31.2. The van der Waals surface area contributed by atoms with Gasteiger partial charge in [0.25, 0.3) is 0 Å². The Kier molecular flexibility index (Phi) is 7.50. The molecular formula is C18H26FN3O6. The first kappa shape index (κ1) is 21.8. The smallest absolute Gasteiger partial charge is 0.412 e. The van der Waals surface area contributed by atoms with E-state index in [0.717, 1.165) is 23.6 Å². The number of esters is 1. The molecule has 0 bridgehead atoms. The van der Waals surface area contributed by atoms with E-state index in [1.165, 1.54) is 6.92 Å². The second-order valence-corrected chi connectivity index (χ2v) is 6.76. The summed E-state index contributed by atoms with van der Waals surface area (Å²) in [4.78, 5) is 39.0. The molecule has 1 unspecified atom stereocenters. The third-order valence-corrected chi connectivity index (χ3v) is 4.58. The molecule has 2 heterocycles. The molecule has 9 nitrogen and oxygen atoms in total. The van der Waals surface area contributed by atoms with E-state index in [0.29, 0.717) is 6.42 Å². The second kappa shape index (κ2) is 9.63. The number of aromatic nitrogens is 2. The summed E-state index contributed by atoms with van der Waals surface area (Å²) >= 11 is 0. The Hall–Kier alpha value is -2.49. The van der Waals surface area contributed by atoms with Gasteiger partial charge in [0.2, 0.25) is 0 Å². The summed E-state index contributed by atoms with van der Waals surface area (Å²) in [6.45, 7) is 7.01. The number of unbranched alkanes of at least 4 members (excludes halogenated alkanes) is 2. The number of hydrogen-bond donors (Lipinski definition) is 1. The number of carbonyl (C=O) groups is 2. The van der Waals surface area contributed by atoms with Crippen molar-refractivity contribution < 1.29 is 28.2 Å². The molecule has 156 valence electrons.